The predicted octanol–water partition coefficient (Wildman–Crippen LogP) is 4.24. The minimum Gasteiger partial charge on any atom is -0.493 e. The van der Waals surface area contributed by atoms with Crippen molar-refractivity contribution in [3.8, 4) is 5.75 Å². The molecule has 3 nitrogen and oxygen atoms in total. The van der Waals surface area contributed by atoms with Crippen LogP contribution in [-0.2, 0) is 11.3 Å². The first-order valence-electron chi connectivity index (χ1n) is 8.81. The van der Waals surface area contributed by atoms with Gasteiger partial charge in [0.1, 0.15) is 5.75 Å². The fourth-order valence-electron chi connectivity index (χ4n) is 3.74. The first-order chi connectivity index (χ1) is 11.0. The summed E-state index contributed by atoms with van der Waals surface area (Å²) >= 11 is 0. The van der Waals surface area contributed by atoms with Gasteiger partial charge in [-0.05, 0) is 93.0 Å². The Bertz CT molecular complexity index is 528. The number of benzene rings is 1. The summed E-state index contributed by atoms with van der Waals surface area (Å²) in [7, 11) is 1.74. The number of hydrogen-bond acceptors (Lipinski definition) is 3. The van der Waals surface area contributed by atoms with Crippen molar-refractivity contribution in [2.45, 2.75) is 60.0 Å². The Kier molecular flexibility index (Phi) is 6.49. The Morgan fingerprint density at radius 3 is 2.04 bits per heavy atom. The molecule has 1 aromatic carbocycles. The Balaban J connectivity index is 2.10. The van der Waals surface area contributed by atoms with Crippen molar-refractivity contribution in [1.82, 2.24) is 0 Å². The molecule has 1 aliphatic rings. The van der Waals surface area contributed by atoms with E-state index in [-0.39, 0.29) is 0 Å². The predicted molar refractivity (Wildman–Crippen MR) is 94.1 cm³/mol. The normalized spacial score (nSPS) is 21.5. The lowest BCUT2D eigenvalue weighted by Gasteiger charge is -2.28. The molecule has 0 heterocycles. The van der Waals surface area contributed by atoms with E-state index in [1.54, 1.807) is 7.11 Å². The summed E-state index contributed by atoms with van der Waals surface area (Å²) in [6.07, 6.45) is 4.59. The first kappa shape index (κ1) is 18.3. The smallest absolute Gasteiger partial charge is 0.125 e. The third kappa shape index (κ3) is 4.07. The van der Waals surface area contributed by atoms with Gasteiger partial charge in [-0.15, -0.1) is 0 Å². The third-order valence-corrected chi connectivity index (χ3v) is 5.69. The highest BCUT2D eigenvalue weighted by atomic mass is 16.5. The summed E-state index contributed by atoms with van der Waals surface area (Å²) in [4.78, 5) is 0. The van der Waals surface area contributed by atoms with Gasteiger partial charge in [-0.25, -0.2) is 0 Å². The lowest BCUT2D eigenvalue weighted by molar-refractivity contribution is 0.138. The third-order valence-electron chi connectivity index (χ3n) is 5.69. The monoisotopic (exact) mass is 320 g/mol. The SMILES string of the molecule is COCc1c(C)c(C)c(C)c(OCC2CCC(CO)CC2)c1C. The summed E-state index contributed by atoms with van der Waals surface area (Å²) in [5, 5.41) is 9.25. The van der Waals surface area contributed by atoms with Gasteiger partial charge < -0.3 is 14.6 Å². The molecule has 1 N–H and O–H groups in total. The summed E-state index contributed by atoms with van der Waals surface area (Å²) in [5.41, 5.74) is 6.36. The molecule has 2 rings (SSSR count). The van der Waals surface area contributed by atoms with Crippen molar-refractivity contribution in [3.05, 3.63) is 27.8 Å². The van der Waals surface area contributed by atoms with Crippen LogP contribution in [-0.4, -0.2) is 25.4 Å². The van der Waals surface area contributed by atoms with Crippen molar-refractivity contribution >= 4 is 0 Å². The molecule has 0 atom stereocenters. The molecule has 0 aliphatic heterocycles. The van der Waals surface area contributed by atoms with Crippen molar-refractivity contribution in [2.24, 2.45) is 11.8 Å². The lowest BCUT2D eigenvalue weighted by atomic mass is 9.83. The molecule has 1 aromatic rings. The maximum absolute atomic E-state index is 9.25. The number of aliphatic hydroxyl groups is 1. The van der Waals surface area contributed by atoms with E-state index in [9.17, 15) is 5.11 Å². The van der Waals surface area contributed by atoms with Gasteiger partial charge in [0.05, 0.1) is 13.2 Å². The Morgan fingerprint density at radius 2 is 1.48 bits per heavy atom. The minimum absolute atomic E-state index is 0.337. The second-order valence-electron chi connectivity index (χ2n) is 7.12. The van der Waals surface area contributed by atoms with Crippen LogP contribution in [0.5, 0.6) is 5.75 Å². The van der Waals surface area contributed by atoms with Crippen LogP contribution >= 0.6 is 0 Å². The van der Waals surface area contributed by atoms with E-state index >= 15 is 0 Å². The van der Waals surface area contributed by atoms with E-state index in [1.807, 2.05) is 0 Å². The number of hydrogen-bond donors (Lipinski definition) is 1. The zero-order valence-corrected chi connectivity index (χ0v) is 15.4. The van der Waals surface area contributed by atoms with Crippen LogP contribution in [0.1, 0.15) is 53.5 Å². The topological polar surface area (TPSA) is 38.7 Å². The van der Waals surface area contributed by atoms with Crippen LogP contribution in [0.2, 0.25) is 0 Å². The molecular formula is C20H32O3. The average Bonchev–Trinajstić information content (AvgIpc) is 2.57. The van der Waals surface area contributed by atoms with Gasteiger partial charge in [-0.2, -0.15) is 0 Å². The molecule has 0 radical (unpaired) electrons. The second kappa shape index (κ2) is 8.16. The van der Waals surface area contributed by atoms with E-state index in [1.165, 1.54) is 40.7 Å². The molecule has 0 amide bonds. The van der Waals surface area contributed by atoms with Crippen LogP contribution < -0.4 is 4.74 Å². The maximum Gasteiger partial charge on any atom is 0.125 e. The van der Waals surface area contributed by atoms with Gasteiger partial charge in [-0.3, -0.25) is 0 Å². The molecule has 1 aliphatic carbocycles. The first-order valence-corrected chi connectivity index (χ1v) is 8.81. The van der Waals surface area contributed by atoms with E-state index in [0.29, 0.717) is 25.0 Å². The molecule has 130 valence electrons. The van der Waals surface area contributed by atoms with Gasteiger partial charge in [0.2, 0.25) is 0 Å². The van der Waals surface area contributed by atoms with E-state index in [4.69, 9.17) is 9.47 Å². The highest BCUT2D eigenvalue weighted by molar-refractivity contribution is 5.53. The maximum atomic E-state index is 9.25. The van der Waals surface area contributed by atoms with Crippen LogP contribution in [0.4, 0.5) is 0 Å². The summed E-state index contributed by atoms with van der Waals surface area (Å²) in [6.45, 7) is 10.4. The zero-order valence-electron chi connectivity index (χ0n) is 15.4. The molecule has 0 aromatic heterocycles. The largest absolute Gasteiger partial charge is 0.493 e. The Hall–Kier alpha value is -1.06. The molecule has 23 heavy (non-hydrogen) atoms. The van der Waals surface area contributed by atoms with E-state index in [2.05, 4.69) is 27.7 Å². The van der Waals surface area contributed by atoms with Crippen molar-refractivity contribution in [2.75, 3.05) is 20.3 Å². The molecule has 0 saturated heterocycles. The molecule has 0 unspecified atom stereocenters. The summed E-state index contributed by atoms with van der Waals surface area (Å²) < 4.78 is 11.7. The molecule has 0 bridgehead atoms. The summed E-state index contributed by atoms with van der Waals surface area (Å²) in [6, 6.07) is 0. The average molecular weight is 320 g/mol. The number of methoxy groups -OCH3 is 1. The fourth-order valence-corrected chi connectivity index (χ4v) is 3.74. The van der Waals surface area contributed by atoms with Gasteiger partial charge in [0, 0.05) is 13.7 Å². The Labute approximate surface area is 141 Å². The molecule has 3 heteroatoms. The lowest BCUT2D eigenvalue weighted by Crippen LogP contribution is -2.22. The van der Waals surface area contributed by atoms with Gasteiger partial charge >= 0.3 is 0 Å². The Morgan fingerprint density at radius 1 is 0.870 bits per heavy atom. The zero-order chi connectivity index (χ0) is 17.0. The molecule has 1 fully saturated rings. The van der Waals surface area contributed by atoms with Crippen molar-refractivity contribution < 1.29 is 14.6 Å². The van der Waals surface area contributed by atoms with Crippen LogP contribution in [0.3, 0.4) is 0 Å². The number of aliphatic hydroxyl groups excluding tert-OH is 1. The van der Waals surface area contributed by atoms with Gasteiger partial charge in [0.15, 0.2) is 0 Å². The number of rotatable bonds is 6. The van der Waals surface area contributed by atoms with Gasteiger partial charge in [-0.1, -0.05) is 0 Å². The van der Waals surface area contributed by atoms with Crippen molar-refractivity contribution in [3.63, 3.8) is 0 Å². The van der Waals surface area contributed by atoms with E-state index in [0.717, 1.165) is 25.2 Å². The highest BCUT2D eigenvalue weighted by Crippen LogP contribution is 2.35. The molecule has 1 saturated carbocycles. The molecular weight excluding hydrogens is 288 g/mol. The van der Waals surface area contributed by atoms with Crippen LogP contribution in [0, 0.1) is 39.5 Å². The second-order valence-corrected chi connectivity index (χ2v) is 7.12. The van der Waals surface area contributed by atoms with E-state index < -0.39 is 0 Å². The van der Waals surface area contributed by atoms with Gasteiger partial charge in [0.25, 0.3) is 0 Å². The quantitative estimate of drug-likeness (QED) is 0.852. The van der Waals surface area contributed by atoms with Crippen LogP contribution in [0.25, 0.3) is 0 Å². The fraction of sp³-hybridized carbons (Fsp3) is 0.700. The number of ether oxygens (including phenoxy) is 2. The van der Waals surface area contributed by atoms with Crippen LogP contribution in [0.15, 0.2) is 0 Å². The summed E-state index contributed by atoms with van der Waals surface area (Å²) in [5.74, 6) is 2.16. The standard InChI is InChI=1S/C20H32O3/c1-13-14(2)19(12-22-5)16(4)20(15(13)3)23-11-18-8-6-17(10-21)7-9-18/h17-18,21H,6-12H2,1-5H3. The van der Waals surface area contributed by atoms with Crippen molar-refractivity contribution in [1.29, 1.82) is 0 Å². The minimum atomic E-state index is 0.337. The highest BCUT2D eigenvalue weighted by Gasteiger charge is 2.22. The molecule has 0 spiro atoms.